The van der Waals surface area contributed by atoms with Gasteiger partial charge in [0.2, 0.25) is 6.29 Å². The Morgan fingerprint density at radius 1 is 1.69 bits per heavy atom. The summed E-state index contributed by atoms with van der Waals surface area (Å²) in [6, 6.07) is 2.47. The van der Waals surface area contributed by atoms with Gasteiger partial charge in [-0.1, -0.05) is 0 Å². The van der Waals surface area contributed by atoms with E-state index in [2.05, 4.69) is 0 Å². The molecule has 1 heterocycles. The van der Waals surface area contributed by atoms with Gasteiger partial charge in [-0.05, 0) is 19.1 Å². The standard InChI is InChI=1S/C11H11FO4/c1-2-15-11(14)6-3-4-8(12)10-7(6)5-9(13)16-10/h3-4,9,13H,2,5H2,1H3. The molecule has 0 fully saturated rings. The zero-order valence-electron chi connectivity index (χ0n) is 8.70. The zero-order valence-corrected chi connectivity index (χ0v) is 8.70. The van der Waals surface area contributed by atoms with Crippen molar-refractivity contribution in [3.05, 3.63) is 29.1 Å². The molecule has 0 aromatic heterocycles. The number of hydrogen-bond acceptors (Lipinski definition) is 4. The maximum absolute atomic E-state index is 13.3. The van der Waals surface area contributed by atoms with Crippen molar-refractivity contribution in [3.8, 4) is 5.75 Å². The van der Waals surface area contributed by atoms with Gasteiger partial charge in [0.05, 0.1) is 12.2 Å². The van der Waals surface area contributed by atoms with Gasteiger partial charge in [-0.15, -0.1) is 0 Å². The summed E-state index contributed by atoms with van der Waals surface area (Å²) in [7, 11) is 0. The van der Waals surface area contributed by atoms with Crippen molar-refractivity contribution in [2.45, 2.75) is 19.6 Å². The highest BCUT2D eigenvalue weighted by Gasteiger charge is 2.29. The number of fused-ring (bicyclic) bond motifs is 1. The van der Waals surface area contributed by atoms with Crippen molar-refractivity contribution < 1.29 is 23.8 Å². The van der Waals surface area contributed by atoms with E-state index in [1.807, 2.05) is 0 Å². The van der Waals surface area contributed by atoms with E-state index in [1.165, 1.54) is 6.07 Å². The first-order valence-corrected chi connectivity index (χ1v) is 4.96. The van der Waals surface area contributed by atoms with Gasteiger partial charge in [-0.2, -0.15) is 0 Å². The van der Waals surface area contributed by atoms with Crippen LogP contribution >= 0.6 is 0 Å². The molecule has 2 rings (SSSR count). The summed E-state index contributed by atoms with van der Waals surface area (Å²) in [5, 5.41) is 9.27. The Hall–Kier alpha value is -1.62. The zero-order chi connectivity index (χ0) is 11.7. The Bertz CT molecular complexity index is 430. The fraction of sp³-hybridized carbons (Fsp3) is 0.364. The largest absolute Gasteiger partial charge is 0.462 e. The lowest BCUT2D eigenvalue weighted by molar-refractivity contribution is -0.0000202. The van der Waals surface area contributed by atoms with Crippen LogP contribution in [-0.2, 0) is 11.2 Å². The second-order valence-corrected chi connectivity index (χ2v) is 3.40. The molecule has 1 aliphatic rings. The van der Waals surface area contributed by atoms with Crippen LogP contribution in [0.15, 0.2) is 12.1 Å². The van der Waals surface area contributed by atoms with Crippen LogP contribution in [0.5, 0.6) is 5.75 Å². The molecule has 1 aromatic rings. The molecule has 1 aromatic carbocycles. The third-order valence-electron chi connectivity index (χ3n) is 2.34. The summed E-state index contributed by atoms with van der Waals surface area (Å²) in [4.78, 5) is 11.5. The molecule has 5 heteroatoms. The van der Waals surface area contributed by atoms with Crippen molar-refractivity contribution in [1.29, 1.82) is 0 Å². The lowest BCUT2D eigenvalue weighted by Gasteiger charge is -2.06. The van der Waals surface area contributed by atoms with Crippen molar-refractivity contribution in [1.82, 2.24) is 0 Å². The first kappa shape index (κ1) is 10.9. The van der Waals surface area contributed by atoms with Crippen molar-refractivity contribution in [2.24, 2.45) is 0 Å². The quantitative estimate of drug-likeness (QED) is 0.771. The number of aliphatic hydroxyl groups is 1. The van der Waals surface area contributed by atoms with Crippen LogP contribution in [-0.4, -0.2) is 24.0 Å². The number of aliphatic hydroxyl groups excluding tert-OH is 1. The van der Waals surface area contributed by atoms with Gasteiger partial charge in [0.25, 0.3) is 0 Å². The average molecular weight is 226 g/mol. The molecule has 0 amide bonds. The van der Waals surface area contributed by atoms with Crippen LogP contribution in [0.3, 0.4) is 0 Å². The van der Waals surface area contributed by atoms with E-state index in [9.17, 15) is 14.3 Å². The van der Waals surface area contributed by atoms with Crippen LogP contribution < -0.4 is 4.74 Å². The van der Waals surface area contributed by atoms with E-state index in [0.717, 1.165) is 6.07 Å². The molecule has 86 valence electrons. The van der Waals surface area contributed by atoms with Crippen LogP contribution in [0, 0.1) is 5.82 Å². The van der Waals surface area contributed by atoms with Gasteiger partial charge >= 0.3 is 5.97 Å². The van der Waals surface area contributed by atoms with E-state index >= 15 is 0 Å². The molecular formula is C11H11FO4. The number of ether oxygens (including phenoxy) is 2. The Morgan fingerprint density at radius 3 is 3.12 bits per heavy atom. The topological polar surface area (TPSA) is 55.8 Å². The smallest absolute Gasteiger partial charge is 0.338 e. The lowest BCUT2D eigenvalue weighted by Crippen LogP contribution is -2.11. The molecule has 0 bridgehead atoms. The van der Waals surface area contributed by atoms with Crippen LogP contribution in [0.2, 0.25) is 0 Å². The maximum atomic E-state index is 13.3. The fourth-order valence-corrected chi connectivity index (χ4v) is 1.68. The minimum atomic E-state index is -1.10. The van der Waals surface area contributed by atoms with Crippen molar-refractivity contribution in [2.75, 3.05) is 6.61 Å². The van der Waals surface area contributed by atoms with E-state index in [-0.39, 0.29) is 24.3 Å². The summed E-state index contributed by atoms with van der Waals surface area (Å²) in [5.41, 5.74) is 0.612. The van der Waals surface area contributed by atoms with Crippen LogP contribution in [0.4, 0.5) is 4.39 Å². The predicted octanol–water partition coefficient (Wildman–Crippen LogP) is 1.26. The normalized spacial score (nSPS) is 17.8. The molecule has 1 unspecified atom stereocenters. The summed E-state index contributed by atoms with van der Waals surface area (Å²) < 4.78 is 23.0. The molecule has 0 radical (unpaired) electrons. The van der Waals surface area contributed by atoms with E-state index < -0.39 is 18.1 Å². The molecule has 1 N–H and O–H groups in total. The second kappa shape index (κ2) is 4.09. The average Bonchev–Trinajstić information content (AvgIpc) is 2.61. The molecule has 0 saturated heterocycles. The van der Waals surface area contributed by atoms with Gasteiger partial charge in [0.1, 0.15) is 0 Å². The Balaban J connectivity index is 2.42. The maximum Gasteiger partial charge on any atom is 0.338 e. The first-order valence-electron chi connectivity index (χ1n) is 4.96. The lowest BCUT2D eigenvalue weighted by atomic mass is 10.0. The molecule has 1 aliphatic heterocycles. The van der Waals surface area contributed by atoms with Gasteiger partial charge in [0.15, 0.2) is 11.6 Å². The minimum Gasteiger partial charge on any atom is -0.462 e. The number of rotatable bonds is 2. The molecular weight excluding hydrogens is 215 g/mol. The van der Waals surface area contributed by atoms with Crippen molar-refractivity contribution in [3.63, 3.8) is 0 Å². The van der Waals surface area contributed by atoms with E-state index in [4.69, 9.17) is 9.47 Å². The highest BCUT2D eigenvalue weighted by atomic mass is 19.1. The van der Waals surface area contributed by atoms with Gasteiger partial charge in [0, 0.05) is 12.0 Å². The van der Waals surface area contributed by atoms with Gasteiger partial charge in [-0.25, -0.2) is 9.18 Å². The molecule has 0 aliphatic carbocycles. The number of carbonyl (C=O) groups is 1. The number of carbonyl (C=O) groups excluding carboxylic acids is 1. The third kappa shape index (κ3) is 1.74. The molecule has 16 heavy (non-hydrogen) atoms. The Morgan fingerprint density at radius 2 is 2.44 bits per heavy atom. The Labute approximate surface area is 91.6 Å². The molecule has 4 nitrogen and oxygen atoms in total. The molecule has 0 saturated carbocycles. The minimum absolute atomic E-state index is 0.0574. The first-order chi connectivity index (χ1) is 7.63. The van der Waals surface area contributed by atoms with Crippen LogP contribution in [0.1, 0.15) is 22.8 Å². The second-order valence-electron chi connectivity index (χ2n) is 3.40. The number of benzene rings is 1. The van der Waals surface area contributed by atoms with E-state index in [1.54, 1.807) is 6.92 Å². The monoisotopic (exact) mass is 226 g/mol. The number of halogens is 1. The SMILES string of the molecule is CCOC(=O)c1ccc(F)c2c1CC(O)O2. The highest BCUT2D eigenvalue weighted by Crippen LogP contribution is 2.33. The Kier molecular flexibility index (Phi) is 2.78. The van der Waals surface area contributed by atoms with Gasteiger partial charge < -0.3 is 14.6 Å². The third-order valence-corrected chi connectivity index (χ3v) is 2.34. The summed E-state index contributed by atoms with van der Waals surface area (Å²) in [5.74, 6) is -1.17. The number of esters is 1. The fourth-order valence-electron chi connectivity index (χ4n) is 1.68. The predicted molar refractivity (Wildman–Crippen MR) is 52.7 cm³/mol. The summed E-state index contributed by atoms with van der Waals surface area (Å²) in [6.45, 7) is 1.93. The summed E-state index contributed by atoms with van der Waals surface area (Å²) in [6.07, 6.45) is -0.999. The summed E-state index contributed by atoms with van der Waals surface area (Å²) >= 11 is 0. The van der Waals surface area contributed by atoms with E-state index in [0.29, 0.717) is 5.56 Å². The molecule has 0 spiro atoms. The van der Waals surface area contributed by atoms with Crippen molar-refractivity contribution >= 4 is 5.97 Å². The van der Waals surface area contributed by atoms with Crippen LogP contribution in [0.25, 0.3) is 0 Å². The molecule has 1 atom stereocenters. The highest BCUT2D eigenvalue weighted by molar-refractivity contribution is 5.92. The number of hydrogen-bond donors (Lipinski definition) is 1. The van der Waals surface area contributed by atoms with Gasteiger partial charge in [-0.3, -0.25) is 0 Å².